The topological polar surface area (TPSA) is 111 Å². The van der Waals surface area contributed by atoms with Crippen LogP contribution in [0.4, 0.5) is 10.1 Å². The van der Waals surface area contributed by atoms with Gasteiger partial charge in [-0.05, 0) is 49.2 Å². The molecule has 0 radical (unpaired) electrons. The summed E-state index contributed by atoms with van der Waals surface area (Å²) in [5.74, 6) is -1.11. The fourth-order valence-corrected chi connectivity index (χ4v) is 5.29. The summed E-state index contributed by atoms with van der Waals surface area (Å²) in [5.41, 5.74) is 0.334. The third-order valence-corrected chi connectivity index (χ3v) is 7.37. The number of ether oxygens (including phenoxy) is 3. The standard InChI is InChI=1S/C23H25FN2O7S/c1-26-19-8-7-16(12-22(27)31-2)33-21(19)13-32-20-9-6-15(11-18(20)23(26)28)25-34(29,30)17-5-3-4-14(24)10-17/h3-6,9-11,16,19,21,25H,7-8,12-13H2,1-2H3/t16-,19-,21-/m0/s1. The van der Waals surface area contributed by atoms with Gasteiger partial charge in [0.2, 0.25) is 0 Å². The van der Waals surface area contributed by atoms with Crippen LogP contribution in [0.25, 0.3) is 0 Å². The Morgan fingerprint density at radius 1 is 1.24 bits per heavy atom. The van der Waals surface area contributed by atoms with Gasteiger partial charge < -0.3 is 19.1 Å². The molecule has 0 spiro atoms. The highest BCUT2D eigenvalue weighted by molar-refractivity contribution is 7.92. The highest BCUT2D eigenvalue weighted by atomic mass is 32.2. The molecule has 1 amide bonds. The number of sulfonamides is 1. The van der Waals surface area contributed by atoms with Gasteiger partial charge in [-0.25, -0.2) is 12.8 Å². The van der Waals surface area contributed by atoms with Crippen LogP contribution in [0.5, 0.6) is 5.75 Å². The number of anilines is 1. The molecule has 4 rings (SSSR count). The number of likely N-dealkylation sites (N-methyl/N-ethyl adjacent to an activating group) is 1. The van der Waals surface area contributed by atoms with Crippen LogP contribution in [0, 0.1) is 5.82 Å². The third-order valence-electron chi connectivity index (χ3n) is 5.99. The van der Waals surface area contributed by atoms with E-state index in [1.807, 2.05) is 0 Å². The Labute approximate surface area is 196 Å². The Kier molecular flexibility index (Phi) is 6.76. The van der Waals surface area contributed by atoms with Crippen LogP contribution >= 0.6 is 0 Å². The van der Waals surface area contributed by atoms with Crippen molar-refractivity contribution >= 4 is 27.6 Å². The van der Waals surface area contributed by atoms with E-state index in [0.29, 0.717) is 12.8 Å². The Morgan fingerprint density at radius 3 is 2.76 bits per heavy atom. The molecule has 0 unspecified atom stereocenters. The molecule has 182 valence electrons. The second-order valence-electron chi connectivity index (χ2n) is 8.22. The number of amides is 1. The predicted molar refractivity (Wildman–Crippen MR) is 120 cm³/mol. The number of esters is 1. The first kappa shape index (κ1) is 24.0. The first-order valence-corrected chi connectivity index (χ1v) is 12.2. The second kappa shape index (κ2) is 9.59. The van der Waals surface area contributed by atoms with E-state index in [-0.39, 0.29) is 58.9 Å². The second-order valence-corrected chi connectivity index (χ2v) is 9.90. The maximum absolute atomic E-state index is 13.5. The molecule has 11 heteroatoms. The van der Waals surface area contributed by atoms with Crippen molar-refractivity contribution in [3.8, 4) is 5.75 Å². The fourth-order valence-electron chi connectivity index (χ4n) is 4.21. The minimum atomic E-state index is -4.06. The summed E-state index contributed by atoms with van der Waals surface area (Å²) in [6.45, 7) is 0.154. The third kappa shape index (κ3) is 5.00. The number of rotatable bonds is 5. The summed E-state index contributed by atoms with van der Waals surface area (Å²) in [6.07, 6.45) is 0.562. The molecule has 34 heavy (non-hydrogen) atoms. The number of halogens is 1. The van der Waals surface area contributed by atoms with Crippen molar-refractivity contribution in [1.29, 1.82) is 0 Å². The van der Waals surface area contributed by atoms with Crippen molar-refractivity contribution < 1.29 is 36.6 Å². The lowest BCUT2D eigenvalue weighted by atomic mass is 9.94. The monoisotopic (exact) mass is 492 g/mol. The quantitative estimate of drug-likeness (QED) is 0.639. The van der Waals surface area contributed by atoms with Crippen LogP contribution in [0.15, 0.2) is 47.4 Å². The van der Waals surface area contributed by atoms with Crippen molar-refractivity contribution in [2.75, 3.05) is 25.5 Å². The molecule has 2 aliphatic heterocycles. The van der Waals surface area contributed by atoms with Gasteiger partial charge in [0.25, 0.3) is 15.9 Å². The van der Waals surface area contributed by atoms with Gasteiger partial charge in [0.05, 0.1) is 36.1 Å². The number of nitrogens with zero attached hydrogens (tertiary/aromatic N) is 1. The maximum Gasteiger partial charge on any atom is 0.308 e. The van der Waals surface area contributed by atoms with E-state index in [9.17, 15) is 22.4 Å². The zero-order valence-corrected chi connectivity index (χ0v) is 19.5. The normalized spacial score (nSPS) is 22.5. The van der Waals surface area contributed by atoms with E-state index in [0.717, 1.165) is 12.1 Å². The van der Waals surface area contributed by atoms with Crippen LogP contribution < -0.4 is 9.46 Å². The molecule has 0 aromatic heterocycles. The SMILES string of the molecule is COC(=O)C[C@@H]1CC[C@H]2[C@H](COc3ccc(NS(=O)(=O)c4cccc(F)c4)cc3C(=O)N2C)O1. The highest BCUT2D eigenvalue weighted by Gasteiger charge is 2.39. The lowest BCUT2D eigenvalue weighted by Crippen LogP contribution is -2.53. The summed E-state index contributed by atoms with van der Waals surface area (Å²) >= 11 is 0. The fraction of sp³-hybridized carbons (Fsp3) is 0.391. The molecule has 2 aromatic rings. The summed E-state index contributed by atoms with van der Waals surface area (Å²) in [5, 5.41) is 0. The lowest BCUT2D eigenvalue weighted by molar-refractivity contribution is -0.151. The molecule has 1 fully saturated rings. The lowest BCUT2D eigenvalue weighted by Gasteiger charge is -2.42. The summed E-state index contributed by atoms with van der Waals surface area (Å²) in [7, 11) is -1.08. The van der Waals surface area contributed by atoms with Crippen LogP contribution in [-0.2, 0) is 24.3 Å². The Morgan fingerprint density at radius 2 is 2.03 bits per heavy atom. The van der Waals surface area contributed by atoms with Gasteiger partial charge in [0.15, 0.2) is 0 Å². The largest absolute Gasteiger partial charge is 0.490 e. The minimum absolute atomic E-state index is 0.128. The van der Waals surface area contributed by atoms with Gasteiger partial charge in [-0.2, -0.15) is 0 Å². The van der Waals surface area contributed by atoms with Crippen molar-refractivity contribution in [3.05, 3.63) is 53.8 Å². The Hall–Kier alpha value is -3.18. The van der Waals surface area contributed by atoms with E-state index < -0.39 is 21.9 Å². The molecule has 1 saturated heterocycles. The Balaban J connectivity index is 1.55. The number of fused-ring (bicyclic) bond motifs is 2. The van der Waals surface area contributed by atoms with E-state index in [4.69, 9.17) is 14.2 Å². The average molecular weight is 493 g/mol. The molecule has 2 aromatic carbocycles. The van der Waals surface area contributed by atoms with Crippen molar-refractivity contribution in [2.24, 2.45) is 0 Å². The molecule has 0 saturated carbocycles. The molecular weight excluding hydrogens is 467 g/mol. The van der Waals surface area contributed by atoms with E-state index in [2.05, 4.69) is 4.72 Å². The van der Waals surface area contributed by atoms with Gasteiger partial charge >= 0.3 is 5.97 Å². The zero-order chi connectivity index (χ0) is 24.5. The molecule has 0 bridgehead atoms. The van der Waals surface area contributed by atoms with Crippen LogP contribution in [0.3, 0.4) is 0 Å². The molecular formula is C23H25FN2O7S. The van der Waals surface area contributed by atoms with Gasteiger partial charge in [-0.3, -0.25) is 14.3 Å². The molecule has 2 heterocycles. The van der Waals surface area contributed by atoms with E-state index in [1.165, 1.54) is 37.4 Å². The summed E-state index contributed by atoms with van der Waals surface area (Å²) < 4.78 is 57.8. The van der Waals surface area contributed by atoms with Crippen LogP contribution in [0.2, 0.25) is 0 Å². The van der Waals surface area contributed by atoms with E-state index in [1.54, 1.807) is 11.9 Å². The predicted octanol–water partition coefficient (Wildman–Crippen LogP) is 2.57. The van der Waals surface area contributed by atoms with Crippen molar-refractivity contribution in [2.45, 2.75) is 42.4 Å². The zero-order valence-electron chi connectivity index (χ0n) is 18.7. The maximum atomic E-state index is 13.5. The number of methoxy groups -OCH3 is 1. The average Bonchev–Trinajstić information content (AvgIpc) is 2.81. The summed E-state index contributed by atoms with van der Waals surface area (Å²) in [4.78, 5) is 26.2. The molecule has 0 aliphatic carbocycles. The van der Waals surface area contributed by atoms with Gasteiger partial charge in [0, 0.05) is 12.7 Å². The first-order valence-electron chi connectivity index (χ1n) is 10.7. The Bertz CT molecular complexity index is 1200. The smallest absolute Gasteiger partial charge is 0.308 e. The summed E-state index contributed by atoms with van der Waals surface area (Å²) in [6, 6.07) is 8.72. The van der Waals surface area contributed by atoms with Crippen LogP contribution in [-0.4, -0.2) is 64.2 Å². The minimum Gasteiger partial charge on any atom is -0.490 e. The number of carbonyl (C=O) groups is 2. The van der Waals surface area contributed by atoms with Crippen molar-refractivity contribution in [3.63, 3.8) is 0 Å². The van der Waals surface area contributed by atoms with Crippen LogP contribution in [0.1, 0.15) is 29.6 Å². The van der Waals surface area contributed by atoms with E-state index >= 15 is 0 Å². The number of benzene rings is 2. The molecule has 3 atom stereocenters. The van der Waals surface area contributed by atoms with Gasteiger partial charge in [0.1, 0.15) is 24.3 Å². The highest BCUT2D eigenvalue weighted by Crippen LogP contribution is 2.33. The van der Waals surface area contributed by atoms with Gasteiger partial charge in [-0.15, -0.1) is 0 Å². The number of carbonyl (C=O) groups excluding carboxylic acids is 2. The first-order chi connectivity index (χ1) is 16.2. The molecule has 2 aliphatic rings. The number of hydrogen-bond donors (Lipinski definition) is 1. The molecule has 1 N–H and O–H groups in total. The van der Waals surface area contributed by atoms with Gasteiger partial charge in [-0.1, -0.05) is 6.07 Å². The van der Waals surface area contributed by atoms with Crippen molar-refractivity contribution in [1.82, 2.24) is 4.90 Å². The number of hydrogen-bond acceptors (Lipinski definition) is 7. The molecule has 9 nitrogen and oxygen atoms in total. The number of nitrogens with one attached hydrogen (secondary N) is 1.